The third-order valence-electron chi connectivity index (χ3n) is 1.99. The van der Waals surface area contributed by atoms with Gasteiger partial charge in [-0.3, -0.25) is 4.79 Å². The van der Waals surface area contributed by atoms with Crippen molar-refractivity contribution in [3.63, 3.8) is 0 Å². The smallest absolute Gasteiger partial charge is 0.234 e. The second-order valence-corrected chi connectivity index (χ2v) is 3.67. The molecule has 0 rings (SSSR count). The lowest BCUT2D eigenvalue weighted by atomic mass is 10.00. The van der Waals surface area contributed by atoms with Gasteiger partial charge in [0.1, 0.15) is 0 Å². The molecule has 0 saturated carbocycles. The van der Waals surface area contributed by atoms with E-state index in [4.69, 9.17) is 5.73 Å². The number of rotatable bonds is 4. The van der Waals surface area contributed by atoms with Crippen molar-refractivity contribution >= 4 is 5.91 Å². The monoisotopic (exact) mass is 174 g/mol. The van der Waals surface area contributed by atoms with Gasteiger partial charge >= 0.3 is 0 Å². The van der Waals surface area contributed by atoms with E-state index in [1.807, 2.05) is 0 Å². The van der Waals surface area contributed by atoms with Gasteiger partial charge in [0.2, 0.25) is 5.91 Å². The van der Waals surface area contributed by atoms with Crippen molar-refractivity contribution in [1.82, 2.24) is 5.32 Å². The minimum absolute atomic E-state index is 0.167. The van der Waals surface area contributed by atoms with Gasteiger partial charge in [0.15, 0.2) is 0 Å². The van der Waals surface area contributed by atoms with Gasteiger partial charge < -0.3 is 16.2 Å². The van der Waals surface area contributed by atoms with Gasteiger partial charge in [0, 0.05) is 6.04 Å². The Hall–Kier alpha value is -0.610. The molecule has 12 heavy (non-hydrogen) atoms. The predicted molar refractivity (Wildman–Crippen MR) is 47.6 cm³/mol. The first kappa shape index (κ1) is 11.4. The fourth-order valence-corrected chi connectivity index (χ4v) is 0.661. The molecule has 4 nitrogen and oxygen atoms in total. The summed E-state index contributed by atoms with van der Waals surface area (Å²) in [5, 5.41) is 12.4. The van der Waals surface area contributed by atoms with Crippen LogP contribution in [0, 0.1) is 0 Å². The normalized spacial score (nSPS) is 17.1. The van der Waals surface area contributed by atoms with Crippen LogP contribution in [0.3, 0.4) is 0 Å². The molecular formula is C8H18N2O2. The minimum Gasteiger partial charge on any atom is -0.389 e. The van der Waals surface area contributed by atoms with Gasteiger partial charge in [-0.2, -0.15) is 0 Å². The van der Waals surface area contributed by atoms with Crippen LogP contribution in [0.5, 0.6) is 0 Å². The average Bonchev–Trinajstić information content (AvgIpc) is 1.85. The molecule has 2 atom stereocenters. The van der Waals surface area contributed by atoms with E-state index in [-0.39, 0.29) is 6.04 Å². The van der Waals surface area contributed by atoms with Gasteiger partial charge in [0.25, 0.3) is 0 Å². The first-order chi connectivity index (χ1) is 5.25. The highest BCUT2D eigenvalue weighted by atomic mass is 16.3. The topological polar surface area (TPSA) is 75.3 Å². The number of aliphatic hydroxyl groups is 1. The number of primary amides is 1. The summed E-state index contributed by atoms with van der Waals surface area (Å²) in [6.07, 6.45) is 0. The van der Waals surface area contributed by atoms with Crippen molar-refractivity contribution < 1.29 is 9.90 Å². The van der Waals surface area contributed by atoms with E-state index in [2.05, 4.69) is 5.32 Å². The van der Waals surface area contributed by atoms with Crippen molar-refractivity contribution in [2.24, 2.45) is 5.73 Å². The first-order valence-electron chi connectivity index (χ1n) is 4.03. The summed E-state index contributed by atoms with van der Waals surface area (Å²) < 4.78 is 0. The van der Waals surface area contributed by atoms with E-state index in [1.165, 1.54) is 0 Å². The molecule has 1 amide bonds. The molecule has 0 aromatic carbocycles. The van der Waals surface area contributed by atoms with E-state index in [0.717, 1.165) is 0 Å². The molecule has 0 aliphatic carbocycles. The fourth-order valence-electron chi connectivity index (χ4n) is 0.661. The number of carbonyl (C=O) groups excluding carboxylic acids is 1. The zero-order valence-corrected chi connectivity index (χ0v) is 8.09. The summed E-state index contributed by atoms with van der Waals surface area (Å²) in [4.78, 5) is 10.6. The molecule has 0 aromatic heterocycles. The number of hydrogen-bond acceptors (Lipinski definition) is 3. The van der Waals surface area contributed by atoms with Gasteiger partial charge in [0.05, 0.1) is 11.6 Å². The summed E-state index contributed by atoms with van der Waals surface area (Å²) in [5.41, 5.74) is 4.20. The number of amides is 1. The molecule has 0 bridgehead atoms. The summed E-state index contributed by atoms with van der Waals surface area (Å²) in [6.45, 7) is 6.83. The summed E-state index contributed by atoms with van der Waals surface area (Å²) >= 11 is 0. The Morgan fingerprint density at radius 1 is 1.50 bits per heavy atom. The van der Waals surface area contributed by atoms with E-state index in [0.29, 0.717) is 0 Å². The van der Waals surface area contributed by atoms with Crippen LogP contribution in [-0.4, -0.2) is 28.7 Å². The van der Waals surface area contributed by atoms with Crippen LogP contribution in [0.15, 0.2) is 0 Å². The molecule has 0 aliphatic heterocycles. The summed E-state index contributed by atoms with van der Waals surface area (Å²) in [6, 6.07) is -0.577. The Balaban J connectivity index is 4.01. The van der Waals surface area contributed by atoms with Gasteiger partial charge in [-0.05, 0) is 27.7 Å². The number of nitrogens with two attached hydrogens (primary N) is 1. The molecule has 72 valence electrons. The zero-order chi connectivity index (χ0) is 9.94. The van der Waals surface area contributed by atoms with E-state index < -0.39 is 17.6 Å². The fraction of sp³-hybridized carbons (Fsp3) is 0.875. The molecule has 4 heteroatoms. The summed E-state index contributed by atoms with van der Waals surface area (Å²) in [7, 11) is 0. The van der Waals surface area contributed by atoms with Crippen LogP contribution in [0.25, 0.3) is 0 Å². The minimum atomic E-state index is -0.844. The Kier molecular flexibility index (Phi) is 3.67. The Bertz CT molecular complexity index is 163. The van der Waals surface area contributed by atoms with E-state index in [1.54, 1.807) is 27.7 Å². The molecular weight excluding hydrogens is 156 g/mol. The number of carbonyl (C=O) groups is 1. The van der Waals surface area contributed by atoms with Crippen LogP contribution in [0.1, 0.15) is 27.7 Å². The molecule has 0 spiro atoms. The molecule has 2 unspecified atom stereocenters. The summed E-state index contributed by atoms with van der Waals surface area (Å²) in [5.74, 6) is -0.411. The van der Waals surface area contributed by atoms with Gasteiger partial charge in [-0.15, -0.1) is 0 Å². The highest BCUT2D eigenvalue weighted by molar-refractivity contribution is 5.79. The van der Waals surface area contributed by atoms with E-state index >= 15 is 0 Å². The quantitative estimate of drug-likeness (QED) is 0.543. The van der Waals surface area contributed by atoms with Crippen LogP contribution >= 0.6 is 0 Å². The van der Waals surface area contributed by atoms with E-state index in [9.17, 15) is 9.90 Å². The lowest BCUT2D eigenvalue weighted by molar-refractivity contribution is -0.120. The number of nitrogens with one attached hydrogen (secondary N) is 1. The standard InChI is InChI=1S/C8H18N2O2/c1-5(7(9)11)10-6(2)8(3,4)12/h5-6,10,12H,1-4H3,(H2,9,11). The average molecular weight is 174 g/mol. The maximum absolute atomic E-state index is 10.6. The van der Waals surface area contributed by atoms with Crippen molar-refractivity contribution in [3.8, 4) is 0 Å². The molecule has 0 aromatic rings. The molecule has 4 N–H and O–H groups in total. The largest absolute Gasteiger partial charge is 0.389 e. The zero-order valence-electron chi connectivity index (χ0n) is 8.09. The maximum Gasteiger partial charge on any atom is 0.234 e. The van der Waals surface area contributed by atoms with Crippen LogP contribution in [-0.2, 0) is 4.79 Å². The molecule has 0 aliphatic rings. The van der Waals surface area contributed by atoms with Crippen molar-refractivity contribution in [1.29, 1.82) is 0 Å². The van der Waals surface area contributed by atoms with Crippen LogP contribution in [0.2, 0.25) is 0 Å². The predicted octanol–water partition coefficient (Wildman–Crippen LogP) is -0.391. The van der Waals surface area contributed by atoms with Gasteiger partial charge in [-0.25, -0.2) is 0 Å². The van der Waals surface area contributed by atoms with Gasteiger partial charge in [-0.1, -0.05) is 0 Å². The first-order valence-corrected chi connectivity index (χ1v) is 4.03. The number of hydrogen-bond donors (Lipinski definition) is 3. The Labute approximate surface area is 73.1 Å². The highest BCUT2D eigenvalue weighted by Gasteiger charge is 2.24. The molecule has 0 radical (unpaired) electrons. The van der Waals surface area contributed by atoms with Crippen molar-refractivity contribution in [2.45, 2.75) is 45.4 Å². The highest BCUT2D eigenvalue weighted by Crippen LogP contribution is 2.07. The Morgan fingerprint density at radius 3 is 2.17 bits per heavy atom. The second-order valence-electron chi connectivity index (χ2n) is 3.67. The third-order valence-corrected chi connectivity index (χ3v) is 1.99. The lowest BCUT2D eigenvalue weighted by Crippen LogP contribution is -2.51. The lowest BCUT2D eigenvalue weighted by Gasteiger charge is -2.28. The van der Waals surface area contributed by atoms with Crippen LogP contribution in [0.4, 0.5) is 0 Å². The third kappa shape index (κ3) is 3.69. The molecule has 0 fully saturated rings. The Morgan fingerprint density at radius 2 is 1.92 bits per heavy atom. The molecule has 0 heterocycles. The molecule has 0 saturated heterocycles. The van der Waals surface area contributed by atoms with Crippen LogP contribution < -0.4 is 11.1 Å². The van der Waals surface area contributed by atoms with Crippen molar-refractivity contribution in [2.75, 3.05) is 0 Å². The SMILES string of the molecule is CC(NC(C)C(C)(C)O)C(N)=O. The second kappa shape index (κ2) is 3.87. The maximum atomic E-state index is 10.6. The van der Waals surface area contributed by atoms with Crippen molar-refractivity contribution in [3.05, 3.63) is 0 Å².